The van der Waals surface area contributed by atoms with Gasteiger partial charge in [-0.3, -0.25) is 14.5 Å². The van der Waals surface area contributed by atoms with Crippen LogP contribution in [-0.4, -0.2) is 11.8 Å². The Morgan fingerprint density at radius 1 is 0.714 bits per heavy atom. The van der Waals surface area contributed by atoms with Gasteiger partial charge in [-0.25, -0.2) is 0 Å². The number of amides is 2. The fraction of sp³-hybridized carbons (Fsp3) is 0.167. The van der Waals surface area contributed by atoms with E-state index in [4.69, 9.17) is 4.74 Å². The number of hydrogen-bond acceptors (Lipinski definition) is 3. The number of anilines is 1. The Morgan fingerprint density at radius 3 is 2.00 bits per heavy atom. The van der Waals surface area contributed by atoms with Gasteiger partial charge in [-0.05, 0) is 60.0 Å². The van der Waals surface area contributed by atoms with Crippen LogP contribution >= 0.6 is 0 Å². The van der Waals surface area contributed by atoms with Crippen molar-refractivity contribution in [2.45, 2.75) is 12.8 Å². The van der Waals surface area contributed by atoms with E-state index in [9.17, 15) is 9.59 Å². The summed E-state index contributed by atoms with van der Waals surface area (Å²) in [6.45, 7) is 0. The highest BCUT2D eigenvalue weighted by Crippen LogP contribution is 2.38. The lowest BCUT2D eigenvalue weighted by Crippen LogP contribution is -2.30. The number of fused-ring (bicyclic) bond motifs is 2. The van der Waals surface area contributed by atoms with Gasteiger partial charge < -0.3 is 4.74 Å². The number of allylic oxidation sites excluding steroid dienone is 2. The van der Waals surface area contributed by atoms with Gasteiger partial charge in [-0.15, -0.1) is 0 Å². The van der Waals surface area contributed by atoms with Crippen molar-refractivity contribution in [2.75, 3.05) is 4.90 Å². The van der Waals surface area contributed by atoms with E-state index in [1.54, 1.807) is 24.3 Å². The van der Waals surface area contributed by atoms with Gasteiger partial charge in [0.2, 0.25) is 11.8 Å². The second kappa shape index (κ2) is 6.64. The molecule has 0 spiro atoms. The van der Waals surface area contributed by atoms with Gasteiger partial charge in [0.15, 0.2) is 0 Å². The van der Waals surface area contributed by atoms with Gasteiger partial charge in [0.05, 0.1) is 17.5 Å². The first-order chi connectivity index (χ1) is 13.7. The lowest BCUT2D eigenvalue weighted by molar-refractivity contribution is -0.122. The minimum absolute atomic E-state index is 0.0949. The molecule has 0 aromatic heterocycles. The van der Waals surface area contributed by atoms with E-state index in [1.165, 1.54) is 4.90 Å². The molecule has 1 aliphatic heterocycles. The van der Waals surface area contributed by atoms with Crippen LogP contribution in [0, 0.1) is 11.8 Å². The van der Waals surface area contributed by atoms with E-state index in [0.717, 1.165) is 16.5 Å². The van der Waals surface area contributed by atoms with Crippen molar-refractivity contribution in [1.29, 1.82) is 0 Å². The number of hydrogen-bond donors (Lipinski definition) is 0. The second-order valence-electron chi connectivity index (χ2n) is 7.27. The van der Waals surface area contributed by atoms with Crippen LogP contribution in [0.4, 0.5) is 5.69 Å². The summed E-state index contributed by atoms with van der Waals surface area (Å²) in [7, 11) is 0. The highest BCUT2D eigenvalue weighted by molar-refractivity contribution is 6.22. The number of carbonyl (C=O) groups is 2. The molecule has 0 bridgehead atoms. The number of rotatable bonds is 3. The summed E-state index contributed by atoms with van der Waals surface area (Å²) >= 11 is 0. The number of benzene rings is 3. The van der Waals surface area contributed by atoms with E-state index in [1.807, 2.05) is 48.6 Å². The van der Waals surface area contributed by atoms with Gasteiger partial charge in [-0.1, -0.05) is 42.5 Å². The average molecular weight is 369 g/mol. The lowest BCUT2D eigenvalue weighted by Gasteiger charge is -2.15. The molecule has 3 aromatic rings. The fourth-order valence-electron chi connectivity index (χ4n) is 4.09. The lowest BCUT2D eigenvalue weighted by atomic mass is 9.85. The third-order valence-corrected chi connectivity index (χ3v) is 5.56. The van der Waals surface area contributed by atoms with E-state index < -0.39 is 0 Å². The summed E-state index contributed by atoms with van der Waals surface area (Å²) in [6, 6.07) is 21.2. The summed E-state index contributed by atoms with van der Waals surface area (Å²) in [4.78, 5) is 26.7. The quantitative estimate of drug-likeness (QED) is 0.477. The first-order valence-electron chi connectivity index (χ1n) is 9.50. The molecule has 1 saturated heterocycles. The molecule has 2 aliphatic rings. The molecule has 4 nitrogen and oxygen atoms in total. The minimum Gasteiger partial charge on any atom is -0.457 e. The Morgan fingerprint density at radius 2 is 1.32 bits per heavy atom. The van der Waals surface area contributed by atoms with Gasteiger partial charge in [-0.2, -0.15) is 0 Å². The molecule has 5 rings (SSSR count). The monoisotopic (exact) mass is 369 g/mol. The van der Waals surface area contributed by atoms with Crippen molar-refractivity contribution in [1.82, 2.24) is 0 Å². The molecule has 0 saturated carbocycles. The maximum Gasteiger partial charge on any atom is 0.238 e. The van der Waals surface area contributed by atoms with Crippen LogP contribution in [0.5, 0.6) is 11.5 Å². The maximum absolute atomic E-state index is 12.7. The topological polar surface area (TPSA) is 46.6 Å². The predicted octanol–water partition coefficient (Wildman–Crippen LogP) is 5.09. The molecular formula is C24H19NO3. The van der Waals surface area contributed by atoms with E-state index >= 15 is 0 Å². The summed E-state index contributed by atoms with van der Waals surface area (Å²) < 4.78 is 5.95. The normalized spacial score (nSPS) is 21.2. The third-order valence-electron chi connectivity index (χ3n) is 5.56. The second-order valence-corrected chi connectivity index (χ2v) is 7.27. The molecule has 1 aliphatic carbocycles. The molecule has 1 fully saturated rings. The molecular weight excluding hydrogens is 350 g/mol. The average Bonchev–Trinajstić information content (AvgIpc) is 2.99. The van der Waals surface area contributed by atoms with Gasteiger partial charge in [0.1, 0.15) is 11.5 Å². The highest BCUT2D eigenvalue weighted by Gasteiger charge is 2.47. The number of ether oxygens (including phenoxy) is 1. The Balaban J connectivity index is 1.37. The number of carbonyl (C=O) groups excluding carboxylic acids is 2. The molecule has 0 unspecified atom stereocenters. The first-order valence-corrected chi connectivity index (χ1v) is 9.50. The third kappa shape index (κ3) is 2.78. The van der Waals surface area contributed by atoms with Crippen molar-refractivity contribution in [3.05, 3.63) is 78.9 Å². The molecule has 3 aromatic carbocycles. The summed E-state index contributed by atoms with van der Waals surface area (Å²) in [5, 5.41) is 2.27. The smallest absolute Gasteiger partial charge is 0.238 e. The molecule has 0 radical (unpaired) electrons. The molecule has 28 heavy (non-hydrogen) atoms. The SMILES string of the molecule is O=C1[C@H]2CC=CC[C@H]2C(=O)N1c1ccc(Oc2ccc3ccccc3c2)cc1. The predicted molar refractivity (Wildman–Crippen MR) is 108 cm³/mol. The van der Waals surface area contributed by atoms with Crippen molar-refractivity contribution in [2.24, 2.45) is 11.8 Å². The zero-order valence-corrected chi connectivity index (χ0v) is 15.2. The Kier molecular flexibility index (Phi) is 3.97. The van der Waals surface area contributed by atoms with Crippen molar-refractivity contribution in [3.63, 3.8) is 0 Å². The molecule has 2 atom stereocenters. The minimum atomic E-state index is -0.217. The van der Waals surface area contributed by atoms with Crippen LogP contribution in [-0.2, 0) is 9.59 Å². The zero-order chi connectivity index (χ0) is 19.1. The van der Waals surface area contributed by atoms with Gasteiger partial charge in [0, 0.05) is 0 Å². The summed E-state index contributed by atoms with van der Waals surface area (Å²) in [5.74, 6) is 0.788. The summed E-state index contributed by atoms with van der Waals surface area (Å²) in [6.07, 6.45) is 5.29. The largest absolute Gasteiger partial charge is 0.457 e. The van der Waals surface area contributed by atoms with Crippen LogP contribution < -0.4 is 9.64 Å². The Labute approximate surface area is 163 Å². The standard InChI is InChI=1S/C24H19NO3/c26-23-21-7-3-4-8-22(21)24(27)25(23)18-10-13-19(14-11-18)28-20-12-9-16-5-1-2-6-17(16)15-20/h1-6,9-15,21-22H,7-8H2/t21-,22+. The van der Waals surface area contributed by atoms with Crippen molar-refractivity contribution < 1.29 is 14.3 Å². The van der Waals surface area contributed by atoms with Crippen molar-refractivity contribution in [3.8, 4) is 11.5 Å². The van der Waals surface area contributed by atoms with Crippen LogP contribution in [0.3, 0.4) is 0 Å². The first kappa shape index (κ1) is 16.8. The van der Waals surface area contributed by atoms with Gasteiger partial charge >= 0.3 is 0 Å². The summed E-state index contributed by atoms with van der Waals surface area (Å²) in [5.41, 5.74) is 0.607. The molecule has 138 valence electrons. The van der Waals surface area contributed by atoms with E-state index in [0.29, 0.717) is 24.3 Å². The molecule has 1 heterocycles. The van der Waals surface area contributed by atoms with Crippen LogP contribution in [0.15, 0.2) is 78.9 Å². The number of imide groups is 1. The van der Waals surface area contributed by atoms with Crippen LogP contribution in [0.2, 0.25) is 0 Å². The zero-order valence-electron chi connectivity index (χ0n) is 15.2. The molecule has 4 heteroatoms. The van der Waals surface area contributed by atoms with E-state index in [-0.39, 0.29) is 23.7 Å². The van der Waals surface area contributed by atoms with Crippen molar-refractivity contribution >= 4 is 28.3 Å². The Hall–Kier alpha value is -3.40. The molecule has 2 amide bonds. The molecule has 0 N–H and O–H groups in total. The Bertz CT molecular complexity index is 1070. The van der Waals surface area contributed by atoms with Gasteiger partial charge in [0.25, 0.3) is 0 Å². The van der Waals surface area contributed by atoms with Crippen LogP contribution in [0.1, 0.15) is 12.8 Å². The van der Waals surface area contributed by atoms with E-state index in [2.05, 4.69) is 6.07 Å². The fourth-order valence-corrected chi connectivity index (χ4v) is 4.09. The highest BCUT2D eigenvalue weighted by atomic mass is 16.5. The van der Waals surface area contributed by atoms with Crippen LogP contribution in [0.25, 0.3) is 10.8 Å². The number of nitrogens with zero attached hydrogens (tertiary/aromatic N) is 1. The maximum atomic E-state index is 12.7.